The first-order chi connectivity index (χ1) is 7.71. The lowest BCUT2D eigenvalue weighted by atomic mass is 9.95. The number of piperidine rings is 1. The topological polar surface area (TPSA) is 50.4 Å². The summed E-state index contributed by atoms with van der Waals surface area (Å²) in [6.07, 6.45) is -0.841. The zero-order valence-corrected chi connectivity index (χ0v) is 10.5. The number of hydrogen-bond acceptors (Lipinski definition) is 3. The number of carbonyl (C=O) groups is 1. The maximum atomic E-state index is 13.4. The second-order valence-electron chi connectivity index (χ2n) is 5.29. The number of rotatable bonds is 2. The minimum absolute atomic E-state index is 0.0745. The van der Waals surface area contributed by atoms with Crippen molar-refractivity contribution >= 4 is 6.09 Å². The van der Waals surface area contributed by atoms with Gasteiger partial charge in [-0.1, -0.05) is 0 Å². The van der Waals surface area contributed by atoms with Crippen molar-refractivity contribution in [1.29, 1.82) is 0 Å². The van der Waals surface area contributed by atoms with Crippen LogP contribution in [0.3, 0.4) is 0 Å². The van der Waals surface area contributed by atoms with Crippen LogP contribution in [-0.4, -0.2) is 37.3 Å². The van der Waals surface area contributed by atoms with Crippen LogP contribution < -0.4 is 10.6 Å². The Morgan fingerprint density at radius 2 is 2.18 bits per heavy atom. The molecule has 1 saturated heterocycles. The van der Waals surface area contributed by atoms with E-state index in [1.54, 1.807) is 20.8 Å². The molecular weight excluding hydrogens is 230 g/mol. The van der Waals surface area contributed by atoms with E-state index in [9.17, 15) is 13.6 Å². The minimum atomic E-state index is -2.72. The number of hydrogen-bond donors (Lipinski definition) is 2. The summed E-state index contributed by atoms with van der Waals surface area (Å²) in [4.78, 5) is 11.3. The highest BCUT2D eigenvalue weighted by Gasteiger charge is 2.41. The first kappa shape index (κ1) is 14.2. The number of halogens is 2. The molecule has 1 aliphatic rings. The monoisotopic (exact) mass is 250 g/mol. The fourth-order valence-electron chi connectivity index (χ4n) is 1.63. The molecule has 1 aliphatic heterocycles. The second kappa shape index (κ2) is 5.16. The molecule has 17 heavy (non-hydrogen) atoms. The zero-order chi connectivity index (χ0) is 13.1. The van der Waals surface area contributed by atoms with Crippen LogP contribution >= 0.6 is 0 Å². The molecule has 0 aromatic rings. The summed E-state index contributed by atoms with van der Waals surface area (Å²) in [5.41, 5.74) is -0.614. The normalized spacial score (nSPS) is 24.2. The molecule has 0 aromatic carbocycles. The lowest BCUT2D eigenvalue weighted by Crippen LogP contribution is -2.50. The van der Waals surface area contributed by atoms with Crippen molar-refractivity contribution in [3.63, 3.8) is 0 Å². The Kier molecular flexibility index (Phi) is 4.30. The van der Waals surface area contributed by atoms with E-state index in [2.05, 4.69) is 10.6 Å². The van der Waals surface area contributed by atoms with Crippen LogP contribution in [0.5, 0.6) is 0 Å². The Labute approximate surface area is 100 Å². The Morgan fingerprint density at radius 3 is 2.71 bits per heavy atom. The van der Waals surface area contributed by atoms with Crippen LogP contribution in [-0.2, 0) is 4.74 Å². The number of alkyl halides is 2. The van der Waals surface area contributed by atoms with E-state index in [1.807, 2.05) is 0 Å². The molecule has 1 atom stereocenters. The van der Waals surface area contributed by atoms with Gasteiger partial charge in [0, 0.05) is 26.1 Å². The quantitative estimate of drug-likeness (QED) is 0.785. The molecule has 1 fully saturated rings. The summed E-state index contributed by atoms with van der Waals surface area (Å²) in [5.74, 6) is -3.59. The average Bonchev–Trinajstić information content (AvgIpc) is 2.12. The van der Waals surface area contributed by atoms with Gasteiger partial charge >= 0.3 is 6.09 Å². The van der Waals surface area contributed by atoms with Gasteiger partial charge in [0.05, 0.1) is 5.92 Å². The van der Waals surface area contributed by atoms with Crippen molar-refractivity contribution in [1.82, 2.24) is 10.6 Å². The van der Waals surface area contributed by atoms with Crippen LogP contribution in [0.4, 0.5) is 13.6 Å². The van der Waals surface area contributed by atoms with Crippen molar-refractivity contribution in [3.05, 3.63) is 0 Å². The molecule has 1 heterocycles. The molecule has 1 rings (SSSR count). The highest BCUT2D eigenvalue weighted by molar-refractivity contribution is 5.67. The predicted molar refractivity (Wildman–Crippen MR) is 60.2 cm³/mol. The molecule has 6 heteroatoms. The van der Waals surface area contributed by atoms with Crippen LogP contribution in [0, 0.1) is 5.92 Å². The molecule has 0 aliphatic carbocycles. The van der Waals surface area contributed by atoms with E-state index in [0.29, 0.717) is 6.54 Å². The summed E-state index contributed by atoms with van der Waals surface area (Å²) in [5, 5.41) is 5.27. The van der Waals surface area contributed by atoms with Crippen molar-refractivity contribution in [3.8, 4) is 0 Å². The molecule has 0 radical (unpaired) electrons. The van der Waals surface area contributed by atoms with Gasteiger partial charge in [-0.3, -0.25) is 0 Å². The fourth-order valence-corrected chi connectivity index (χ4v) is 1.63. The molecule has 0 saturated carbocycles. The third-order valence-electron chi connectivity index (χ3n) is 2.51. The second-order valence-corrected chi connectivity index (χ2v) is 5.29. The highest BCUT2D eigenvalue weighted by Crippen LogP contribution is 2.29. The van der Waals surface area contributed by atoms with Gasteiger partial charge in [-0.25, -0.2) is 13.6 Å². The number of ether oxygens (including phenoxy) is 1. The van der Waals surface area contributed by atoms with Crippen LogP contribution in [0.1, 0.15) is 27.2 Å². The maximum Gasteiger partial charge on any atom is 0.407 e. The number of alkyl carbamates (subject to hydrolysis) is 1. The summed E-state index contributed by atoms with van der Waals surface area (Å²) in [7, 11) is 0. The summed E-state index contributed by atoms with van der Waals surface area (Å²) in [6.45, 7) is 5.63. The van der Waals surface area contributed by atoms with E-state index in [-0.39, 0.29) is 19.5 Å². The highest BCUT2D eigenvalue weighted by atomic mass is 19.3. The van der Waals surface area contributed by atoms with Gasteiger partial charge in [0.1, 0.15) is 5.60 Å². The van der Waals surface area contributed by atoms with Crippen molar-refractivity contribution in [2.45, 2.75) is 38.7 Å². The first-order valence-corrected chi connectivity index (χ1v) is 5.76. The standard InChI is InChI=1S/C11H20F2N2O2/c1-10(2,3)17-9(16)15-7-8-6-14-5-4-11(8,12)13/h8,14H,4-7H2,1-3H3,(H,15,16). The Hall–Kier alpha value is -0.910. The predicted octanol–water partition coefficient (Wildman–Crippen LogP) is 1.76. The Morgan fingerprint density at radius 1 is 1.53 bits per heavy atom. The minimum Gasteiger partial charge on any atom is -0.444 e. The fraction of sp³-hybridized carbons (Fsp3) is 0.909. The molecule has 100 valence electrons. The van der Waals surface area contributed by atoms with Gasteiger partial charge in [-0.05, 0) is 20.8 Å². The van der Waals surface area contributed by atoms with Crippen molar-refractivity contribution < 1.29 is 18.3 Å². The third kappa shape index (κ3) is 4.85. The summed E-state index contributed by atoms with van der Waals surface area (Å²) >= 11 is 0. The van der Waals surface area contributed by atoms with E-state index in [1.165, 1.54) is 0 Å². The van der Waals surface area contributed by atoms with Gasteiger partial charge < -0.3 is 15.4 Å². The van der Waals surface area contributed by atoms with Crippen LogP contribution in [0.2, 0.25) is 0 Å². The van der Waals surface area contributed by atoms with Gasteiger partial charge in [-0.15, -0.1) is 0 Å². The lowest BCUT2D eigenvalue weighted by Gasteiger charge is -2.32. The lowest BCUT2D eigenvalue weighted by molar-refractivity contribution is -0.0768. The van der Waals surface area contributed by atoms with E-state index < -0.39 is 23.5 Å². The van der Waals surface area contributed by atoms with Crippen LogP contribution in [0.25, 0.3) is 0 Å². The number of amides is 1. The first-order valence-electron chi connectivity index (χ1n) is 5.76. The van der Waals surface area contributed by atoms with Gasteiger partial charge in [0.2, 0.25) is 0 Å². The van der Waals surface area contributed by atoms with Crippen molar-refractivity contribution in [2.24, 2.45) is 5.92 Å². The molecule has 4 nitrogen and oxygen atoms in total. The van der Waals surface area contributed by atoms with E-state index in [0.717, 1.165) is 0 Å². The molecule has 0 bridgehead atoms. The number of carbonyl (C=O) groups excluding carboxylic acids is 1. The number of nitrogens with one attached hydrogen (secondary N) is 2. The smallest absolute Gasteiger partial charge is 0.407 e. The molecule has 0 aromatic heterocycles. The molecular formula is C11H20F2N2O2. The zero-order valence-electron chi connectivity index (χ0n) is 10.5. The van der Waals surface area contributed by atoms with Crippen molar-refractivity contribution in [2.75, 3.05) is 19.6 Å². The summed E-state index contributed by atoms with van der Waals surface area (Å²) < 4.78 is 31.8. The van der Waals surface area contributed by atoms with Gasteiger partial charge in [0.25, 0.3) is 5.92 Å². The molecule has 1 unspecified atom stereocenters. The van der Waals surface area contributed by atoms with Crippen LogP contribution in [0.15, 0.2) is 0 Å². The van der Waals surface area contributed by atoms with Gasteiger partial charge in [-0.2, -0.15) is 0 Å². The Bertz CT molecular complexity index is 277. The summed E-state index contributed by atoms with van der Waals surface area (Å²) in [6, 6.07) is 0. The third-order valence-corrected chi connectivity index (χ3v) is 2.51. The van der Waals surface area contributed by atoms with Gasteiger partial charge in [0.15, 0.2) is 0 Å². The maximum absolute atomic E-state index is 13.4. The van der Waals surface area contributed by atoms with E-state index >= 15 is 0 Å². The average molecular weight is 250 g/mol. The van der Waals surface area contributed by atoms with E-state index in [4.69, 9.17) is 4.74 Å². The molecule has 2 N–H and O–H groups in total. The Balaban J connectivity index is 2.37. The molecule has 0 spiro atoms. The molecule has 1 amide bonds. The SMILES string of the molecule is CC(C)(C)OC(=O)NCC1CNCCC1(F)F. The largest absolute Gasteiger partial charge is 0.444 e.